The molecule has 0 saturated heterocycles. The number of aromatic nitrogens is 4. The minimum absolute atomic E-state index is 0.439. The van der Waals surface area contributed by atoms with Gasteiger partial charge in [0.2, 0.25) is 5.88 Å². The lowest BCUT2D eigenvalue weighted by molar-refractivity contribution is 0.404. The van der Waals surface area contributed by atoms with Gasteiger partial charge in [-0.1, -0.05) is 77.3 Å². The topological polar surface area (TPSA) is 60.8 Å². The van der Waals surface area contributed by atoms with E-state index >= 15 is 0 Å². The summed E-state index contributed by atoms with van der Waals surface area (Å²) in [6.45, 7) is 4.01. The largest absolute Gasteiger partial charge is 0.480 e. The molecule has 4 aromatic heterocycles. The number of hydrogen-bond acceptors (Lipinski definition) is 5. The first kappa shape index (κ1) is 23.5. The van der Waals surface area contributed by atoms with Crippen LogP contribution in [-0.2, 0) is 0 Å². The maximum absolute atomic E-state index is 6.15. The van der Waals surface area contributed by atoms with Crippen molar-refractivity contribution in [3.8, 4) is 5.88 Å². The summed E-state index contributed by atoms with van der Waals surface area (Å²) >= 11 is 18.1. The van der Waals surface area contributed by atoms with E-state index in [1.807, 2.05) is 74.5 Å². The average Bonchev–Trinajstić information content (AvgIpc) is 2.83. The first-order chi connectivity index (χ1) is 16.9. The quantitative estimate of drug-likeness (QED) is 0.161. The second-order valence-corrected chi connectivity index (χ2v) is 9.17. The number of halogens is 3. The molecule has 0 atom stereocenters. The third kappa shape index (κ3) is 4.31. The molecular formula is C27H19Cl3N4O. The number of methoxy groups -OCH3 is 1. The number of nitrogens with zero attached hydrogens (tertiary/aromatic N) is 4. The molecule has 4 heterocycles. The van der Waals surface area contributed by atoms with Gasteiger partial charge in [-0.05, 0) is 53.9 Å². The Kier molecular flexibility index (Phi) is 6.32. The molecule has 0 aliphatic heterocycles. The van der Waals surface area contributed by atoms with E-state index in [0.717, 1.165) is 43.4 Å². The zero-order valence-corrected chi connectivity index (χ0v) is 21.4. The summed E-state index contributed by atoms with van der Waals surface area (Å²) in [7, 11) is 1.61. The first-order valence-corrected chi connectivity index (χ1v) is 11.9. The number of pyridine rings is 4. The zero-order valence-electron chi connectivity index (χ0n) is 19.1. The first-order valence-electron chi connectivity index (χ1n) is 10.8. The van der Waals surface area contributed by atoms with Gasteiger partial charge in [-0.3, -0.25) is 0 Å². The molecule has 35 heavy (non-hydrogen) atoms. The van der Waals surface area contributed by atoms with Crippen molar-refractivity contribution >= 4 is 78.4 Å². The van der Waals surface area contributed by atoms with E-state index in [4.69, 9.17) is 39.5 Å². The van der Waals surface area contributed by atoms with Gasteiger partial charge in [-0.2, -0.15) is 4.98 Å². The predicted octanol–water partition coefficient (Wildman–Crippen LogP) is 8.15. The number of rotatable bonds is 1. The Labute approximate surface area is 216 Å². The van der Waals surface area contributed by atoms with Crippen LogP contribution >= 0.6 is 34.8 Å². The monoisotopic (exact) mass is 520 g/mol. The molecule has 0 bridgehead atoms. The normalized spacial score (nSPS) is 11.1. The molecule has 174 valence electrons. The minimum atomic E-state index is 0.439. The Morgan fingerprint density at radius 1 is 0.600 bits per heavy atom. The summed E-state index contributed by atoms with van der Waals surface area (Å²) in [5.74, 6) is 0.576. The van der Waals surface area contributed by atoms with Crippen LogP contribution in [0.5, 0.6) is 5.88 Å². The number of hydrogen-bond donors (Lipinski definition) is 0. The predicted molar refractivity (Wildman–Crippen MR) is 145 cm³/mol. The Morgan fingerprint density at radius 3 is 1.60 bits per heavy atom. The Morgan fingerprint density at radius 2 is 1.06 bits per heavy atom. The third-order valence-corrected chi connectivity index (χ3v) is 6.46. The van der Waals surface area contributed by atoms with E-state index in [-0.39, 0.29) is 0 Å². The molecule has 0 N–H and O–H groups in total. The highest BCUT2D eigenvalue weighted by Gasteiger charge is 2.12. The lowest BCUT2D eigenvalue weighted by Crippen LogP contribution is -1.94. The highest BCUT2D eigenvalue weighted by Crippen LogP contribution is 2.33. The van der Waals surface area contributed by atoms with Gasteiger partial charge in [0.05, 0.1) is 7.11 Å². The summed E-state index contributed by atoms with van der Waals surface area (Å²) < 4.78 is 5.32. The molecule has 0 spiro atoms. The third-order valence-electron chi connectivity index (χ3n) is 5.78. The minimum Gasteiger partial charge on any atom is -0.480 e. The van der Waals surface area contributed by atoms with Crippen LogP contribution in [0, 0.1) is 13.8 Å². The fourth-order valence-corrected chi connectivity index (χ4v) is 5.03. The van der Waals surface area contributed by atoms with E-state index in [9.17, 15) is 0 Å². The highest BCUT2D eigenvalue weighted by molar-refractivity contribution is 6.36. The lowest BCUT2D eigenvalue weighted by Gasteiger charge is -2.09. The van der Waals surface area contributed by atoms with Gasteiger partial charge in [-0.25, -0.2) is 15.0 Å². The van der Waals surface area contributed by atoms with E-state index in [1.165, 1.54) is 0 Å². The Hall–Kier alpha value is -3.25. The van der Waals surface area contributed by atoms with Gasteiger partial charge in [-0.15, -0.1) is 0 Å². The number of benzene rings is 2. The van der Waals surface area contributed by atoms with Crippen molar-refractivity contribution in [2.45, 2.75) is 13.8 Å². The highest BCUT2D eigenvalue weighted by atomic mass is 35.5. The van der Waals surface area contributed by atoms with Crippen molar-refractivity contribution in [2.24, 2.45) is 0 Å². The van der Waals surface area contributed by atoms with Crippen LogP contribution in [0.4, 0.5) is 0 Å². The molecule has 5 nitrogen and oxygen atoms in total. The Balaban J connectivity index is 0.000000145. The van der Waals surface area contributed by atoms with Gasteiger partial charge in [0.1, 0.15) is 15.5 Å². The molecule has 0 aliphatic carbocycles. The van der Waals surface area contributed by atoms with Crippen LogP contribution in [0.3, 0.4) is 0 Å². The van der Waals surface area contributed by atoms with E-state index in [0.29, 0.717) is 32.6 Å². The van der Waals surface area contributed by atoms with Crippen LogP contribution in [0.2, 0.25) is 15.5 Å². The number of aryl methyl sites for hydroxylation is 2. The van der Waals surface area contributed by atoms with Gasteiger partial charge in [0, 0.05) is 21.5 Å². The summed E-state index contributed by atoms with van der Waals surface area (Å²) in [5.41, 5.74) is 3.34. The standard InChI is InChI=1S/C14H11ClN2O.C13H8Cl2N2/c1-8-7-11(15)16-13-12(8)9-5-3-4-6-10(9)14(17-13)18-2;1-7-6-10(14)16-13-11(7)8-4-2-3-5-9(8)12(15)17-13/h3-7H,1-2H3;2-6H,1H3. The molecule has 0 aliphatic rings. The molecular weight excluding hydrogens is 503 g/mol. The van der Waals surface area contributed by atoms with Crippen LogP contribution < -0.4 is 4.74 Å². The van der Waals surface area contributed by atoms with Crippen molar-refractivity contribution < 1.29 is 4.74 Å². The van der Waals surface area contributed by atoms with Gasteiger partial charge >= 0.3 is 0 Å². The zero-order chi connectivity index (χ0) is 24.7. The van der Waals surface area contributed by atoms with Crippen molar-refractivity contribution in [2.75, 3.05) is 7.11 Å². The summed E-state index contributed by atoms with van der Waals surface area (Å²) in [4.78, 5) is 17.2. The van der Waals surface area contributed by atoms with Crippen molar-refractivity contribution in [3.05, 3.63) is 87.2 Å². The van der Waals surface area contributed by atoms with Crippen LogP contribution in [0.25, 0.3) is 43.6 Å². The fraction of sp³-hybridized carbons (Fsp3) is 0.111. The van der Waals surface area contributed by atoms with Crippen molar-refractivity contribution in [3.63, 3.8) is 0 Å². The summed E-state index contributed by atoms with van der Waals surface area (Å²) in [5, 5.41) is 7.45. The van der Waals surface area contributed by atoms with Gasteiger partial charge < -0.3 is 4.74 Å². The second-order valence-electron chi connectivity index (χ2n) is 8.04. The molecule has 8 heteroatoms. The molecule has 2 aromatic carbocycles. The summed E-state index contributed by atoms with van der Waals surface area (Å²) in [6.07, 6.45) is 0. The fourth-order valence-electron chi connectivity index (χ4n) is 4.29. The smallest absolute Gasteiger partial charge is 0.223 e. The molecule has 6 rings (SSSR count). The maximum Gasteiger partial charge on any atom is 0.223 e. The molecule has 0 unspecified atom stereocenters. The molecule has 0 amide bonds. The average molecular weight is 522 g/mol. The SMILES string of the molecule is COc1nc2nc(Cl)cc(C)c2c2ccccc12.Cc1cc(Cl)nc2nc(Cl)c3ccccc3c12. The molecule has 0 fully saturated rings. The molecule has 0 radical (unpaired) electrons. The molecule has 6 aromatic rings. The summed E-state index contributed by atoms with van der Waals surface area (Å²) in [6, 6.07) is 19.6. The van der Waals surface area contributed by atoms with Crippen molar-refractivity contribution in [1.82, 2.24) is 19.9 Å². The van der Waals surface area contributed by atoms with E-state index < -0.39 is 0 Å². The number of ether oxygens (including phenoxy) is 1. The lowest BCUT2D eigenvalue weighted by atomic mass is 10.1. The van der Waals surface area contributed by atoms with Crippen molar-refractivity contribution in [1.29, 1.82) is 0 Å². The van der Waals surface area contributed by atoms with Crippen LogP contribution in [0.15, 0.2) is 60.7 Å². The molecule has 0 saturated carbocycles. The van der Waals surface area contributed by atoms with E-state index in [2.05, 4.69) is 19.9 Å². The second kappa shape index (κ2) is 9.42. The Bertz CT molecular complexity index is 1750. The van der Waals surface area contributed by atoms with Crippen LogP contribution in [0.1, 0.15) is 11.1 Å². The van der Waals surface area contributed by atoms with Crippen LogP contribution in [-0.4, -0.2) is 27.0 Å². The van der Waals surface area contributed by atoms with E-state index in [1.54, 1.807) is 7.11 Å². The maximum atomic E-state index is 6.15. The van der Waals surface area contributed by atoms with Gasteiger partial charge in [0.15, 0.2) is 11.3 Å². The number of fused-ring (bicyclic) bond motifs is 6. The van der Waals surface area contributed by atoms with Gasteiger partial charge in [0.25, 0.3) is 0 Å².